The third kappa shape index (κ3) is 4.32. The van der Waals surface area contributed by atoms with Gasteiger partial charge in [0, 0.05) is 30.1 Å². The molecule has 3 aromatic rings. The molecule has 1 aromatic heterocycles. The quantitative estimate of drug-likeness (QED) is 0.570. The van der Waals surface area contributed by atoms with E-state index >= 15 is 0 Å². The van der Waals surface area contributed by atoms with Gasteiger partial charge >= 0.3 is 0 Å². The van der Waals surface area contributed by atoms with Crippen LogP contribution >= 0.6 is 0 Å². The van der Waals surface area contributed by atoms with Crippen molar-refractivity contribution >= 4 is 10.8 Å². The van der Waals surface area contributed by atoms with E-state index in [1.165, 1.54) is 4.57 Å². The average molecular weight is 377 g/mol. The standard InChI is InChI=1S/C23H23NO4/c25-15-23(16-26,17-27)14-24-12-11-20-10-9-19(13-21(20)22(24)28)8-4-7-18-5-2-1-3-6-18/h1-3,5-6,9-13,25-27H,7,14-17H2. The third-order valence-corrected chi connectivity index (χ3v) is 4.86. The highest BCUT2D eigenvalue weighted by Gasteiger charge is 2.29. The maximum Gasteiger partial charge on any atom is 0.258 e. The minimum absolute atomic E-state index is 0.0230. The summed E-state index contributed by atoms with van der Waals surface area (Å²) in [5, 5.41) is 29.9. The molecule has 2 aromatic carbocycles. The van der Waals surface area contributed by atoms with Gasteiger partial charge < -0.3 is 19.9 Å². The molecule has 0 amide bonds. The van der Waals surface area contributed by atoms with Crippen LogP contribution in [0, 0.1) is 17.3 Å². The Morgan fingerprint density at radius 1 is 0.929 bits per heavy atom. The number of aromatic nitrogens is 1. The van der Waals surface area contributed by atoms with Gasteiger partial charge in [0.15, 0.2) is 0 Å². The van der Waals surface area contributed by atoms with E-state index in [9.17, 15) is 20.1 Å². The fraction of sp³-hybridized carbons (Fsp3) is 0.261. The molecule has 0 spiro atoms. The van der Waals surface area contributed by atoms with Crippen LogP contribution < -0.4 is 5.56 Å². The maximum atomic E-state index is 12.9. The van der Waals surface area contributed by atoms with Crippen molar-refractivity contribution in [3.05, 3.63) is 82.3 Å². The van der Waals surface area contributed by atoms with Gasteiger partial charge in [-0.2, -0.15) is 0 Å². The molecule has 0 aliphatic carbocycles. The van der Waals surface area contributed by atoms with Crippen molar-refractivity contribution in [2.45, 2.75) is 13.0 Å². The van der Waals surface area contributed by atoms with E-state index < -0.39 is 25.2 Å². The van der Waals surface area contributed by atoms with Crippen molar-refractivity contribution in [1.29, 1.82) is 0 Å². The first-order chi connectivity index (χ1) is 13.6. The summed E-state index contributed by atoms with van der Waals surface area (Å²) in [7, 11) is 0. The van der Waals surface area contributed by atoms with Gasteiger partial charge in [0.05, 0.1) is 25.2 Å². The maximum absolute atomic E-state index is 12.9. The lowest BCUT2D eigenvalue weighted by Crippen LogP contribution is -2.41. The Balaban J connectivity index is 1.91. The first kappa shape index (κ1) is 19.8. The Hall–Kier alpha value is -2.91. The molecule has 0 aliphatic rings. The van der Waals surface area contributed by atoms with Crippen LogP contribution in [0.1, 0.15) is 11.1 Å². The average Bonchev–Trinajstić information content (AvgIpc) is 2.75. The summed E-state index contributed by atoms with van der Waals surface area (Å²) in [5.74, 6) is 6.22. The van der Waals surface area contributed by atoms with E-state index in [4.69, 9.17) is 0 Å². The summed E-state index contributed by atoms with van der Waals surface area (Å²) in [6, 6.07) is 17.2. The number of pyridine rings is 1. The van der Waals surface area contributed by atoms with Crippen molar-refractivity contribution in [1.82, 2.24) is 4.57 Å². The van der Waals surface area contributed by atoms with Crippen LogP contribution in [-0.2, 0) is 13.0 Å². The van der Waals surface area contributed by atoms with Crippen LogP contribution in [0.5, 0.6) is 0 Å². The monoisotopic (exact) mass is 377 g/mol. The fourth-order valence-corrected chi connectivity index (χ4v) is 2.99. The molecule has 28 heavy (non-hydrogen) atoms. The summed E-state index contributed by atoms with van der Waals surface area (Å²) >= 11 is 0. The zero-order chi connectivity index (χ0) is 20.0. The zero-order valence-electron chi connectivity index (χ0n) is 15.5. The molecular formula is C23H23NO4. The molecule has 0 saturated heterocycles. The van der Waals surface area contributed by atoms with Gasteiger partial charge in [-0.1, -0.05) is 48.2 Å². The molecule has 5 heteroatoms. The van der Waals surface area contributed by atoms with E-state index in [1.54, 1.807) is 18.3 Å². The summed E-state index contributed by atoms with van der Waals surface area (Å²) in [6.07, 6.45) is 2.24. The van der Waals surface area contributed by atoms with E-state index in [0.717, 1.165) is 16.5 Å². The molecule has 5 nitrogen and oxygen atoms in total. The van der Waals surface area contributed by atoms with Gasteiger partial charge in [0.2, 0.25) is 0 Å². The van der Waals surface area contributed by atoms with Gasteiger partial charge in [0.1, 0.15) is 0 Å². The Bertz CT molecular complexity index is 1050. The molecule has 1 heterocycles. The van der Waals surface area contributed by atoms with Gasteiger partial charge in [-0.25, -0.2) is 0 Å². The number of hydrogen-bond donors (Lipinski definition) is 3. The first-order valence-electron chi connectivity index (χ1n) is 9.09. The molecule has 3 N–H and O–H groups in total. The van der Waals surface area contributed by atoms with Gasteiger partial charge in [-0.3, -0.25) is 4.79 Å². The zero-order valence-corrected chi connectivity index (χ0v) is 15.5. The van der Waals surface area contributed by atoms with Crippen molar-refractivity contribution in [2.24, 2.45) is 5.41 Å². The largest absolute Gasteiger partial charge is 0.396 e. The number of fused-ring (bicyclic) bond motifs is 1. The minimum Gasteiger partial charge on any atom is -0.396 e. The highest BCUT2D eigenvalue weighted by molar-refractivity contribution is 5.82. The van der Waals surface area contributed by atoms with Crippen LogP contribution in [0.3, 0.4) is 0 Å². The Morgan fingerprint density at radius 2 is 1.64 bits per heavy atom. The highest BCUT2D eigenvalue weighted by Crippen LogP contribution is 2.18. The minimum atomic E-state index is -1.15. The smallest absolute Gasteiger partial charge is 0.258 e. The van der Waals surface area contributed by atoms with Crippen LogP contribution in [0.15, 0.2) is 65.6 Å². The molecule has 0 radical (unpaired) electrons. The molecule has 0 aliphatic heterocycles. The lowest BCUT2D eigenvalue weighted by molar-refractivity contribution is -0.00738. The van der Waals surface area contributed by atoms with E-state index in [0.29, 0.717) is 11.8 Å². The molecule has 144 valence electrons. The fourth-order valence-electron chi connectivity index (χ4n) is 2.99. The third-order valence-electron chi connectivity index (χ3n) is 4.86. The number of hydrogen-bond acceptors (Lipinski definition) is 4. The second-order valence-corrected chi connectivity index (χ2v) is 6.99. The van der Waals surface area contributed by atoms with E-state index in [-0.39, 0.29) is 12.1 Å². The SMILES string of the molecule is O=c1c2cc(C#CCc3ccccc3)ccc2ccn1CC(CO)(CO)CO. The second-order valence-electron chi connectivity index (χ2n) is 6.99. The van der Waals surface area contributed by atoms with Gasteiger partial charge in [0.25, 0.3) is 5.56 Å². The van der Waals surface area contributed by atoms with Gasteiger partial charge in [-0.15, -0.1) is 0 Å². The van der Waals surface area contributed by atoms with Crippen LogP contribution in [-0.4, -0.2) is 39.7 Å². The summed E-state index contributed by atoms with van der Waals surface area (Å²) in [6.45, 7) is -1.24. The van der Waals surface area contributed by atoms with Crippen molar-refractivity contribution in [3.8, 4) is 11.8 Å². The van der Waals surface area contributed by atoms with Crippen LogP contribution in [0.4, 0.5) is 0 Å². The molecule has 0 unspecified atom stereocenters. The summed E-state index contributed by atoms with van der Waals surface area (Å²) in [4.78, 5) is 12.9. The molecule has 0 fully saturated rings. The predicted octanol–water partition coefficient (Wildman–Crippen LogP) is 1.56. The first-order valence-corrected chi connectivity index (χ1v) is 9.09. The highest BCUT2D eigenvalue weighted by atomic mass is 16.3. The van der Waals surface area contributed by atoms with Crippen LogP contribution in [0.25, 0.3) is 10.8 Å². The van der Waals surface area contributed by atoms with Gasteiger partial charge in [-0.05, 0) is 29.1 Å². The van der Waals surface area contributed by atoms with E-state index in [2.05, 4.69) is 11.8 Å². The van der Waals surface area contributed by atoms with E-state index in [1.807, 2.05) is 42.5 Å². The van der Waals surface area contributed by atoms with Crippen molar-refractivity contribution < 1.29 is 15.3 Å². The molecule has 3 rings (SSSR count). The number of rotatable bonds is 6. The number of aliphatic hydroxyl groups excluding tert-OH is 3. The normalized spacial score (nSPS) is 11.2. The molecule has 0 atom stereocenters. The number of aliphatic hydroxyl groups is 3. The summed E-state index contributed by atoms with van der Waals surface area (Å²) < 4.78 is 1.41. The second kappa shape index (κ2) is 8.85. The molecule has 0 saturated carbocycles. The predicted molar refractivity (Wildman–Crippen MR) is 109 cm³/mol. The van der Waals surface area contributed by atoms with Crippen molar-refractivity contribution in [2.75, 3.05) is 19.8 Å². The Kier molecular flexibility index (Phi) is 6.27. The Labute approximate surface area is 163 Å². The lowest BCUT2D eigenvalue weighted by atomic mass is 9.91. The number of nitrogens with zero attached hydrogens (tertiary/aromatic N) is 1. The Morgan fingerprint density at radius 3 is 2.32 bits per heavy atom. The molecule has 0 bridgehead atoms. The number of benzene rings is 2. The van der Waals surface area contributed by atoms with Crippen molar-refractivity contribution in [3.63, 3.8) is 0 Å². The summed E-state index contributed by atoms with van der Waals surface area (Å²) in [5.41, 5.74) is 0.483. The topological polar surface area (TPSA) is 82.7 Å². The van der Waals surface area contributed by atoms with Crippen LogP contribution in [0.2, 0.25) is 0 Å². The molecular weight excluding hydrogens is 354 g/mol. The lowest BCUT2D eigenvalue weighted by Gasteiger charge is -2.28.